The van der Waals surface area contributed by atoms with Gasteiger partial charge in [0, 0.05) is 30.1 Å². The minimum Gasteiger partial charge on any atom is -0.459 e. The second-order valence-electron chi connectivity index (χ2n) is 7.79. The van der Waals surface area contributed by atoms with E-state index in [1.165, 1.54) is 6.92 Å². The fourth-order valence-electron chi connectivity index (χ4n) is 4.10. The number of pyridine rings is 1. The topological polar surface area (TPSA) is 70.4 Å². The number of anilines is 2. The fraction of sp³-hybridized carbons (Fsp3) is 0.115. The van der Waals surface area contributed by atoms with Gasteiger partial charge in [-0.05, 0) is 60.7 Å². The van der Waals surface area contributed by atoms with Gasteiger partial charge in [-0.3, -0.25) is 9.78 Å². The maximum atomic E-state index is 11.4. The zero-order valence-corrected chi connectivity index (χ0v) is 18.8. The van der Waals surface area contributed by atoms with Crippen LogP contribution in [-0.2, 0) is 4.79 Å². The highest BCUT2D eigenvalue weighted by molar-refractivity contribution is 7.80. The van der Waals surface area contributed by atoms with Crippen LogP contribution in [0.1, 0.15) is 30.5 Å². The van der Waals surface area contributed by atoms with Crippen molar-refractivity contribution in [3.05, 3.63) is 103 Å². The molecule has 0 saturated carbocycles. The Morgan fingerprint density at radius 3 is 2.45 bits per heavy atom. The van der Waals surface area contributed by atoms with Crippen molar-refractivity contribution >= 4 is 34.6 Å². The van der Waals surface area contributed by atoms with Crippen molar-refractivity contribution in [3.63, 3.8) is 0 Å². The molecule has 1 amide bonds. The molecule has 1 aliphatic heterocycles. The number of hydrogen-bond acceptors (Lipinski definition) is 4. The molecule has 2 atom stereocenters. The number of nitrogens with one attached hydrogen (secondary N) is 2. The van der Waals surface area contributed by atoms with Crippen LogP contribution in [0.15, 0.2) is 95.5 Å². The lowest BCUT2D eigenvalue weighted by Gasteiger charge is -2.26. The summed E-state index contributed by atoms with van der Waals surface area (Å²) in [7, 11) is 0. The SMILES string of the molecule is CC(=O)Nc1ccc(N2C(=S)NC(c3ccccn3)C2c2ccc(-c3ccccc3)o2)cc1. The highest BCUT2D eigenvalue weighted by atomic mass is 32.1. The average Bonchev–Trinajstić information content (AvgIpc) is 3.45. The summed E-state index contributed by atoms with van der Waals surface area (Å²) in [5.74, 6) is 1.46. The number of thiocarbonyl (C=S) groups is 1. The minimum atomic E-state index is -0.239. The van der Waals surface area contributed by atoms with Crippen LogP contribution in [0.3, 0.4) is 0 Å². The number of hydrogen-bond donors (Lipinski definition) is 2. The lowest BCUT2D eigenvalue weighted by molar-refractivity contribution is -0.114. The molecular weight excluding hydrogens is 432 g/mol. The Labute approximate surface area is 197 Å². The molecule has 164 valence electrons. The number of benzene rings is 2. The quantitative estimate of drug-likeness (QED) is 0.389. The van der Waals surface area contributed by atoms with Crippen molar-refractivity contribution in [3.8, 4) is 11.3 Å². The van der Waals surface area contributed by atoms with Crippen molar-refractivity contribution < 1.29 is 9.21 Å². The van der Waals surface area contributed by atoms with Crippen LogP contribution in [0.25, 0.3) is 11.3 Å². The summed E-state index contributed by atoms with van der Waals surface area (Å²) < 4.78 is 6.36. The van der Waals surface area contributed by atoms with Gasteiger partial charge in [0.2, 0.25) is 5.91 Å². The third-order valence-corrected chi connectivity index (χ3v) is 5.86. The van der Waals surface area contributed by atoms with E-state index in [0.29, 0.717) is 5.11 Å². The average molecular weight is 455 g/mol. The van der Waals surface area contributed by atoms with E-state index < -0.39 is 0 Å². The molecule has 2 aromatic carbocycles. The number of furan rings is 1. The van der Waals surface area contributed by atoms with Gasteiger partial charge in [0.15, 0.2) is 5.11 Å². The first-order valence-corrected chi connectivity index (χ1v) is 11.0. The molecule has 0 aliphatic carbocycles. The van der Waals surface area contributed by atoms with Crippen LogP contribution in [-0.4, -0.2) is 16.0 Å². The summed E-state index contributed by atoms with van der Waals surface area (Å²) in [6, 6.07) is 27.0. The molecule has 3 heterocycles. The lowest BCUT2D eigenvalue weighted by Crippen LogP contribution is -2.29. The first-order chi connectivity index (χ1) is 16.1. The number of carbonyl (C=O) groups excluding carboxylic acids is 1. The number of aromatic nitrogens is 1. The van der Waals surface area contributed by atoms with E-state index in [4.69, 9.17) is 16.6 Å². The van der Waals surface area contributed by atoms with E-state index in [1.54, 1.807) is 6.20 Å². The molecule has 1 fully saturated rings. The number of nitrogens with zero attached hydrogens (tertiary/aromatic N) is 2. The normalized spacial score (nSPS) is 17.6. The van der Waals surface area contributed by atoms with E-state index >= 15 is 0 Å². The summed E-state index contributed by atoms with van der Waals surface area (Å²) in [5.41, 5.74) is 3.51. The Morgan fingerprint density at radius 2 is 1.76 bits per heavy atom. The number of rotatable bonds is 5. The van der Waals surface area contributed by atoms with Crippen LogP contribution >= 0.6 is 12.2 Å². The fourth-order valence-corrected chi connectivity index (χ4v) is 4.45. The van der Waals surface area contributed by atoms with E-state index in [9.17, 15) is 4.79 Å². The highest BCUT2D eigenvalue weighted by Gasteiger charge is 2.42. The molecule has 1 saturated heterocycles. The molecule has 2 N–H and O–H groups in total. The second kappa shape index (κ2) is 8.88. The molecular formula is C26H22N4O2S. The van der Waals surface area contributed by atoms with Gasteiger partial charge < -0.3 is 20.0 Å². The number of carbonyl (C=O) groups is 1. The predicted molar refractivity (Wildman–Crippen MR) is 133 cm³/mol. The number of amides is 1. The molecule has 0 spiro atoms. The predicted octanol–water partition coefficient (Wildman–Crippen LogP) is 5.48. The molecule has 1 aliphatic rings. The molecule has 4 aromatic rings. The van der Waals surface area contributed by atoms with E-state index in [-0.39, 0.29) is 18.0 Å². The van der Waals surface area contributed by atoms with Crippen LogP contribution in [0.2, 0.25) is 0 Å². The monoisotopic (exact) mass is 454 g/mol. The second-order valence-corrected chi connectivity index (χ2v) is 8.18. The molecule has 2 unspecified atom stereocenters. The van der Waals surface area contributed by atoms with Crippen molar-refractivity contribution in [2.75, 3.05) is 10.2 Å². The Morgan fingerprint density at radius 1 is 1.00 bits per heavy atom. The van der Waals surface area contributed by atoms with Crippen LogP contribution in [0, 0.1) is 0 Å². The zero-order valence-electron chi connectivity index (χ0n) is 17.9. The Hall–Kier alpha value is -3.97. The van der Waals surface area contributed by atoms with Gasteiger partial charge >= 0.3 is 0 Å². The van der Waals surface area contributed by atoms with Gasteiger partial charge in [0.25, 0.3) is 0 Å². The molecule has 5 rings (SSSR count). The summed E-state index contributed by atoms with van der Waals surface area (Å²) >= 11 is 5.76. The molecule has 0 radical (unpaired) electrons. The van der Waals surface area contributed by atoms with Crippen LogP contribution in [0.5, 0.6) is 0 Å². The third-order valence-electron chi connectivity index (χ3n) is 5.54. The highest BCUT2D eigenvalue weighted by Crippen LogP contribution is 2.43. The van der Waals surface area contributed by atoms with Gasteiger partial charge in [0.05, 0.1) is 11.7 Å². The summed E-state index contributed by atoms with van der Waals surface area (Å²) in [4.78, 5) is 18.0. The van der Waals surface area contributed by atoms with Crippen LogP contribution in [0.4, 0.5) is 11.4 Å². The van der Waals surface area contributed by atoms with Crippen molar-refractivity contribution in [1.82, 2.24) is 10.3 Å². The van der Waals surface area contributed by atoms with Gasteiger partial charge in [-0.25, -0.2) is 0 Å². The van der Waals surface area contributed by atoms with E-state index in [1.807, 2.05) is 89.8 Å². The van der Waals surface area contributed by atoms with Gasteiger partial charge in [-0.15, -0.1) is 0 Å². The van der Waals surface area contributed by atoms with Gasteiger partial charge in [0.1, 0.15) is 17.6 Å². The molecule has 2 aromatic heterocycles. The smallest absolute Gasteiger partial charge is 0.221 e. The van der Waals surface area contributed by atoms with Gasteiger partial charge in [-0.2, -0.15) is 0 Å². The largest absolute Gasteiger partial charge is 0.459 e. The third kappa shape index (κ3) is 4.23. The summed E-state index contributed by atoms with van der Waals surface area (Å²) in [5, 5.41) is 6.81. The maximum Gasteiger partial charge on any atom is 0.221 e. The lowest BCUT2D eigenvalue weighted by atomic mass is 10.0. The molecule has 33 heavy (non-hydrogen) atoms. The summed E-state index contributed by atoms with van der Waals surface area (Å²) in [6.45, 7) is 1.49. The zero-order chi connectivity index (χ0) is 22.8. The molecule has 7 heteroatoms. The molecule has 6 nitrogen and oxygen atoms in total. The summed E-state index contributed by atoms with van der Waals surface area (Å²) in [6.07, 6.45) is 1.78. The standard InChI is InChI=1S/C26H22N4O2S/c1-17(31)28-19-10-12-20(13-11-19)30-25(24(29-26(30)33)21-9-5-6-16-27-21)23-15-14-22(32-23)18-7-3-2-4-8-18/h2-16,24-25H,1H3,(H,28,31)(H,29,33). The minimum absolute atomic E-state index is 0.113. The Kier molecular flexibility index (Phi) is 5.62. The maximum absolute atomic E-state index is 11.4. The molecule has 0 bridgehead atoms. The van der Waals surface area contributed by atoms with Crippen molar-refractivity contribution in [2.24, 2.45) is 0 Å². The van der Waals surface area contributed by atoms with Gasteiger partial charge in [-0.1, -0.05) is 36.4 Å². The van der Waals surface area contributed by atoms with Crippen LogP contribution < -0.4 is 15.5 Å². The first kappa shape index (κ1) is 20.9. The Balaban J connectivity index is 1.55. The van der Waals surface area contributed by atoms with E-state index in [0.717, 1.165) is 34.2 Å². The van der Waals surface area contributed by atoms with Crippen molar-refractivity contribution in [1.29, 1.82) is 0 Å². The first-order valence-electron chi connectivity index (χ1n) is 10.6. The van der Waals surface area contributed by atoms with Crippen molar-refractivity contribution in [2.45, 2.75) is 19.0 Å². The van der Waals surface area contributed by atoms with E-state index in [2.05, 4.69) is 15.6 Å². The Bertz CT molecular complexity index is 1270.